The van der Waals surface area contributed by atoms with E-state index in [1.807, 2.05) is 30.3 Å². The fraction of sp³-hybridized carbons (Fsp3) is 0.389. The number of esters is 1. The Kier molecular flexibility index (Phi) is 23.6. The van der Waals surface area contributed by atoms with Gasteiger partial charge in [0.1, 0.15) is 56.6 Å². The number of ketones is 2. The SMILES string of the molecule is CC[C@@]1(OC(=O)OCc2ccc(NC(=O)[C@@H](CNC=O)NN[C@@H](C)C(=O)NC(C)C(=O)NCNN[C@@H](C)C(=O)NC(C)C(=O)N[C@H](CC(N)=O)C(=O)Nc3ccc(COC(=O)N4C5[C@@H]4CN4C6=C(C(=O)C(N)=C(C)C6=O)[C@@H](COC(N)=O)[C@@]54OC)cc3)cc2)C(=O)OCc2c1cc1n(c2=O)Cc2cc3ccccc3nc2-1. The number of anilines is 2. The van der Waals surface area contributed by atoms with Crippen LogP contribution in [0.4, 0.5) is 25.8 Å². The van der Waals surface area contributed by atoms with Gasteiger partial charge in [-0.3, -0.25) is 57.6 Å². The monoisotopic (exact) mass is 1530 g/mol. The number of allylic oxidation sites excluding steroid dienone is 2. The number of methoxy groups -OCH3 is 1. The van der Waals surface area contributed by atoms with E-state index < -0.39 is 161 Å². The number of pyridine rings is 2. The predicted octanol–water partition coefficient (Wildman–Crippen LogP) is -1.75. The fourth-order valence-corrected chi connectivity index (χ4v) is 13.9. The largest absolute Gasteiger partial charge is 0.510 e. The maximum absolute atomic E-state index is 13.9. The van der Waals surface area contributed by atoms with E-state index in [4.69, 9.17) is 50.6 Å². The van der Waals surface area contributed by atoms with E-state index >= 15 is 0 Å². The molecule has 2 saturated heterocycles. The summed E-state index contributed by atoms with van der Waals surface area (Å²) in [6.07, 6.45) is -3.49. The third kappa shape index (κ3) is 16.2. The van der Waals surface area contributed by atoms with Crippen molar-refractivity contribution in [1.82, 2.24) is 67.6 Å². The summed E-state index contributed by atoms with van der Waals surface area (Å²) in [6.45, 7) is 7.01. The van der Waals surface area contributed by atoms with Gasteiger partial charge in [-0.05, 0) is 94.6 Å². The number of nitrogens with zero attached hydrogens (tertiary/aromatic N) is 4. The number of aromatic nitrogens is 2. The Hall–Kier alpha value is -12.7. The number of rotatable bonds is 32. The summed E-state index contributed by atoms with van der Waals surface area (Å²) in [6, 6.07) is 14.7. The van der Waals surface area contributed by atoms with Crippen LogP contribution in [0, 0.1) is 5.92 Å². The Morgan fingerprint density at radius 2 is 1.35 bits per heavy atom. The van der Waals surface area contributed by atoms with Crippen LogP contribution in [0.1, 0.15) is 82.2 Å². The van der Waals surface area contributed by atoms with Crippen molar-refractivity contribution in [1.29, 1.82) is 0 Å². The summed E-state index contributed by atoms with van der Waals surface area (Å²) in [7, 11) is 1.34. The molecule has 2 fully saturated rings. The lowest BCUT2D eigenvalue weighted by atomic mass is 9.82. The molecule has 586 valence electrons. The zero-order chi connectivity index (χ0) is 80.1. The third-order valence-electron chi connectivity index (χ3n) is 19.9. The van der Waals surface area contributed by atoms with Gasteiger partial charge in [-0.1, -0.05) is 49.4 Å². The molecule has 11 atom stereocenters. The van der Waals surface area contributed by atoms with Crippen molar-refractivity contribution in [2.24, 2.45) is 23.1 Å². The van der Waals surface area contributed by atoms with Crippen LogP contribution in [0.25, 0.3) is 22.3 Å². The maximum atomic E-state index is 13.9. The smallest absolute Gasteiger partial charge is 0.457 e. The summed E-state index contributed by atoms with van der Waals surface area (Å²) in [5.41, 5.74) is 27.6. The number of primary amides is 2. The van der Waals surface area contributed by atoms with Gasteiger partial charge in [0.25, 0.3) is 5.56 Å². The molecule has 7 heterocycles. The van der Waals surface area contributed by atoms with Gasteiger partial charge in [-0.15, -0.1) is 0 Å². The van der Waals surface area contributed by atoms with Crippen molar-refractivity contribution in [3.8, 4) is 11.4 Å². The number of piperazine rings is 1. The fourth-order valence-electron chi connectivity index (χ4n) is 13.9. The molecule has 6 aliphatic rings. The second-order valence-electron chi connectivity index (χ2n) is 27.0. The van der Waals surface area contributed by atoms with Crippen LogP contribution in [0.2, 0.25) is 0 Å². The van der Waals surface area contributed by atoms with Crippen molar-refractivity contribution in [2.45, 2.75) is 140 Å². The van der Waals surface area contributed by atoms with Crippen molar-refractivity contribution in [3.63, 3.8) is 0 Å². The lowest BCUT2D eigenvalue weighted by Gasteiger charge is -2.40. The lowest BCUT2D eigenvalue weighted by Crippen LogP contribution is -2.59. The molecule has 0 saturated carbocycles. The van der Waals surface area contributed by atoms with Crippen LogP contribution in [-0.2, 0) is 113 Å². The zero-order valence-corrected chi connectivity index (χ0v) is 61.0. The molecule has 111 heavy (non-hydrogen) atoms. The molecule has 2 aromatic heterocycles. The number of amides is 10. The second-order valence-corrected chi connectivity index (χ2v) is 27.0. The molecule has 17 N–H and O–H groups in total. The van der Waals surface area contributed by atoms with E-state index in [-0.39, 0.29) is 97.6 Å². The number of cyclic esters (lactones) is 1. The molecule has 5 aliphatic heterocycles. The molecule has 0 bridgehead atoms. The minimum absolute atomic E-state index is 0.0139. The first-order chi connectivity index (χ1) is 52.9. The number of hydrazine groups is 2. The van der Waals surface area contributed by atoms with Crippen molar-refractivity contribution in [3.05, 3.63) is 146 Å². The number of ether oxygens (including phenoxy) is 6. The molecule has 0 spiro atoms. The van der Waals surface area contributed by atoms with E-state index in [9.17, 15) is 71.9 Å². The van der Waals surface area contributed by atoms with E-state index in [2.05, 4.69) is 58.9 Å². The van der Waals surface area contributed by atoms with Gasteiger partial charge < -0.3 is 92.3 Å². The number of para-hydroxylation sites is 1. The highest BCUT2D eigenvalue weighted by atomic mass is 16.7. The minimum Gasteiger partial charge on any atom is -0.457 e. The van der Waals surface area contributed by atoms with E-state index in [1.165, 1.54) is 83.0 Å². The Bertz CT molecular complexity index is 4780. The first kappa shape index (κ1) is 79.3. The number of fused-ring (bicyclic) bond motifs is 9. The molecule has 3 unspecified atom stereocenters. The van der Waals surface area contributed by atoms with Crippen LogP contribution in [0.3, 0.4) is 0 Å². The van der Waals surface area contributed by atoms with Crippen LogP contribution in [0.15, 0.2) is 112 Å². The average molecular weight is 1540 g/mol. The molecule has 3 aromatic carbocycles. The quantitative estimate of drug-likeness (QED) is 0.00326. The van der Waals surface area contributed by atoms with Gasteiger partial charge in [0, 0.05) is 59.2 Å². The van der Waals surface area contributed by atoms with Crippen LogP contribution >= 0.6 is 0 Å². The van der Waals surface area contributed by atoms with E-state index in [0.717, 1.165) is 10.9 Å². The molecule has 39 heteroatoms. The third-order valence-corrected chi connectivity index (χ3v) is 19.9. The second kappa shape index (κ2) is 33.0. The number of nitrogens with two attached hydrogens (primary N) is 3. The normalized spacial score (nSPS) is 20.5. The number of benzene rings is 3. The molecule has 39 nitrogen and oxygen atoms in total. The van der Waals surface area contributed by atoms with Gasteiger partial charge >= 0.3 is 24.3 Å². The van der Waals surface area contributed by atoms with Gasteiger partial charge in [-0.25, -0.2) is 45.9 Å². The summed E-state index contributed by atoms with van der Waals surface area (Å²) in [4.78, 5) is 204. The Morgan fingerprint density at radius 1 is 0.730 bits per heavy atom. The Morgan fingerprint density at radius 3 is 1.98 bits per heavy atom. The van der Waals surface area contributed by atoms with Crippen LogP contribution in [0.5, 0.6) is 0 Å². The Labute approximate surface area is 631 Å². The number of hydrogen-bond acceptors (Lipinski definition) is 28. The highest BCUT2D eigenvalue weighted by Gasteiger charge is 2.78. The molecule has 1 aliphatic carbocycles. The number of carbonyl (C=O) groups excluding carboxylic acids is 14. The van der Waals surface area contributed by atoms with E-state index in [0.29, 0.717) is 34.4 Å². The molecule has 11 rings (SSSR count). The van der Waals surface area contributed by atoms with Gasteiger partial charge in [0.2, 0.25) is 64.9 Å². The van der Waals surface area contributed by atoms with Gasteiger partial charge in [-0.2, -0.15) is 0 Å². The zero-order valence-electron chi connectivity index (χ0n) is 61.0. The molecule has 5 aromatic rings. The predicted molar refractivity (Wildman–Crippen MR) is 386 cm³/mol. The van der Waals surface area contributed by atoms with Crippen molar-refractivity contribution >= 4 is 106 Å². The van der Waals surface area contributed by atoms with E-state index in [1.54, 1.807) is 34.6 Å². The molecular weight excluding hydrogens is 1450 g/mol. The number of carbonyl (C=O) groups is 14. The molecular formula is C72H82N18O21. The average Bonchev–Trinajstić information content (AvgIpc) is 1.48. The lowest BCUT2D eigenvalue weighted by molar-refractivity contribution is -0.175. The number of Topliss-reactive ketones (excluding diaryl/α,β-unsaturated/α-hetero) is 2. The van der Waals surface area contributed by atoms with Crippen molar-refractivity contribution in [2.75, 3.05) is 44.1 Å². The first-order valence-corrected chi connectivity index (χ1v) is 35.1. The number of nitrogens with one attached hydrogen (secondary N) is 11. The summed E-state index contributed by atoms with van der Waals surface area (Å²) in [5, 5.41) is 18.5. The standard InChI is InChI=1S/C72H82N18O21/c1-8-71(45-22-50-55-41(21-40-11-9-10-12-47(40)83-55)25-88(50)66(101)44(45)29-107-67(71)102)111-70(105)110-28-39-15-19-43(20-16-39)82-65(100)49(24-76-32-91)87-86-37(6)63(98)79-34(3)60(95)77-31-78-85-36(5)62(97)80-35(4)61(96)84-48(23-52(73)92)64(99)81-42-17-13-38(14-18-42)27-109-69(104)90-51-26-89-56-53(58(94)54(74)33(2)57(56)93)46(30-108-68(75)103)72(89,106-7)59(51)90/h9-22,32,34-37,46,48-49,51,59,78,85-87H,8,23-31,74H2,1-7H3,(H2,73,92)(H2,75,103)(H,76,91)(H,77,95)(H,79,98)(H,80,97)(H,81,99)(H,82,100)(H,84,96)/t34?,35?,36-,37-,46+,48+,49+,51-,59?,71-,72+,90?/m0/s1. The minimum atomic E-state index is -2.01. The van der Waals surface area contributed by atoms with Gasteiger partial charge in [0.05, 0.1) is 77.5 Å². The summed E-state index contributed by atoms with van der Waals surface area (Å²) < 4.78 is 35.0. The number of hydrogen-bond donors (Lipinski definition) is 14. The highest BCUT2D eigenvalue weighted by molar-refractivity contribution is 6.25. The Balaban J connectivity index is 0.572. The summed E-state index contributed by atoms with van der Waals surface area (Å²) >= 11 is 0. The molecule has 10 amide bonds. The first-order valence-electron chi connectivity index (χ1n) is 35.1. The van der Waals surface area contributed by atoms with Crippen LogP contribution in [-0.4, -0.2) is 191 Å². The topological polar surface area (TPSA) is 546 Å². The maximum Gasteiger partial charge on any atom is 0.510 e. The van der Waals surface area contributed by atoms with Gasteiger partial charge in [0.15, 0.2) is 5.72 Å². The summed E-state index contributed by atoms with van der Waals surface area (Å²) in [5.74, 6) is -8.47. The molecule has 0 radical (unpaired) electrons. The van der Waals surface area contributed by atoms with Crippen molar-refractivity contribution < 1.29 is 95.5 Å². The highest BCUT2D eigenvalue weighted by Crippen LogP contribution is 2.60. The van der Waals surface area contributed by atoms with Crippen LogP contribution < -0.4 is 81.7 Å².